The highest BCUT2D eigenvalue weighted by atomic mass is 16.5. The highest BCUT2D eigenvalue weighted by Gasteiger charge is 2.28. The Hall–Kier alpha value is -1.36. The van der Waals surface area contributed by atoms with E-state index in [0.717, 1.165) is 55.7 Å². The van der Waals surface area contributed by atoms with E-state index in [0.29, 0.717) is 12.0 Å². The molecule has 5 nitrogen and oxygen atoms in total. The number of rotatable bonds is 4. The Kier molecular flexibility index (Phi) is 4.26. The fraction of sp³-hybridized carbons (Fsp3) is 0.765. The van der Waals surface area contributed by atoms with E-state index in [1.807, 2.05) is 7.05 Å². The van der Waals surface area contributed by atoms with E-state index in [2.05, 4.69) is 24.3 Å². The summed E-state index contributed by atoms with van der Waals surface area (Å²) in [6, 6.07) is 0. The van der Waals surface area contributed by atoms with Crippen LogP contribution >= 0.6 is 0 Å². The SMILES string of the molecule is Cn1nc2c(c1C(=O)NCCC1CCC(C)(C)CO1)CCC2. The monoisotopic (exact) mass is 305 g/mol. The van der Waals surface area contributed by atoms with Gasteiger partial charge < -0.3 is 10.1 Å². The van der Waals surface area contributed by atoms with E-state index in [-0.39, 0.29) is 12.0 Å². The van der Waals surface area contributed by atoms with Crippen LogP contribution in [0.1, 0.15) is 61.3 Å². The Morgan fingerprint density at radius 1 is 1.45 bits per heavy atom. The minimum atomic E-state index is 0.00860. The first kappa shape index (κ1) is 15.5. The predicted octanol–water partition coefficient (Wildman–Crippen LogP) is 2.23. The molecular formula is C17H27N3O2. The van der Waals surface area contributed by atoms with Gasteiger partial charge in [0.05, 0.1) is 18.4 Å². The van der Waals surface area contributed by atoms with Crippen molar-refractivity contribution in [3.63, 3.8) is 0 Å². The summed E-state index contributed by atoms with van der Waals surface area (Å²) in [5, 5.41) is 7.50. The molecule has 1 fully saturated rings. The summed E-state index contributed by atoms with van der Waals surface area (Å²) in [5.41, 5.74) is 3.30. The first-order valence-electron chi connectivity index (χ1n) is 8.41. The van der Waals surface area contributed by atoms with Crippen molar-refractivity contribution in [3.05, 3.63) is 17.0 Å². The van der Waals surface area contributed by atoms with E-state index in [4.69, 9.17) is 4.74 Å². The van der Waals surface area contributed by atoms with Crippen LogP contribution in [-0.4, -0.2) is 34.9 Å². The second-order valence-electron chi connectivity index (χ2n) is 7.43. The van der Waals surface area contributed by atoms with Crippen LogP contribution in [0.4, 0.5) is 0 Å². The number of ether oxygens (including phenoxy) is 1. The summed E-state index contributed by atoms with van der Waals surface area (Å²) in [5.74, 6) is 0.00860. The Balaban J connectivity index is 1.49. The summed E-state index contributed by atoms with van der Waals surface area (Å²) >= 11 is 0. The lowest BCUT2D eigenvalue weighted by molar-refractivity contribution is -0.0506. The highest BCUT2D eigenvalue weighted by molar-refractivity contribution is 5.94. The highest BCUT2D eigenvalue weighted by Crippen LogP contribution is 2.30. The Labute approximate surface area is 132 Å². The molecule has 0 aromatic carbocycles. The molecule has 1 aliphatic heterocycles. The molecule has 5 heteroatoms. The zero-order valence-electron chi connectivity index (χ0n) is 13.9. The molecule has 1 N–H and O–H groups in total. The van der Waals surface area contributed by atoms with E-state index in [1.54, 1.807) is 4.68 Å². The van der Waals surface area contributed by atoms with Crippen LogP contribution < -0.4 is 5.32 Å². The lowest BCUT2D eigenvalue weighted by atomic mass is 9.85. The summed E-state index contributed by atoms with van der Waals surface area (Å²) in [4.78, 5) is 12.4. The number of amides is 1. The molecule has 1 saturated heterocycles. The average Bonchev–Trinajstić information content (AvgIpc) is 3.00. The quantitative estimate of drug-likeness (QED) is 0.928. The van der Waals surface area contributed by atoms with Crippen LogP contribution in [0.5, 0.6) is 0 Å². The van der Waals surface area contributed by atoms with Gasteiger partial charge in [0, 0.05) is 19.2 Å². The third-order valence-corrected chi connectivity index (χ3v) is 4.89. The third kappa shape index (κ3) is 3.19. The number of aryl methyl sites for hydroxylation is 2. The van der Waals surface area contributed by atoms with Gasteiger partial charge in [0.1, 0.15) is 5.69 Å². The lowest BCUT2D eigenvalue weighted by Crippen LogP contribution is -2.35. The smallest absolute Gasteiger partial charge is 0.269 e. The maximum absolute atomic E-state index is 12.4. The van der Waals surface area contributed by atoms with Crippen molar-refractivity contribution in [2.45, 2.75) is 58.5 Å². The molecule has 2 heterocycles. The van der Waals surface area contributed by atoms with Crippen LogP contribution in [0, 0.1) is 5.41 Å². The number of hydrogen-bond donors (Lipinski definition) is 1. The van der Waals surface area contributed by atoms with Gasteiger partial charge in [-0.1, -0.05) is 13.8 Å². The van der Waals surface area contributed by atoms with Gasteiger partial charge in [-0.25, -0.2) is 0 Å². The van der Waals surface area contributed by atoms with Crippen molar-refractivity contribution in [1.29, 1.82) is 0 Å². The van der Waals surface area contributed by atoms with Gasteiger partial charge in [-0.2, -0.15) is 5.10 Å². The molecular weight excluding hydrogens is 278 g/mol. The minimum absolute atomic E-state index is 0.00860. The van der Waals surface area contributed by atoms with Gasteiger partial charge in [-0.3, -0.25) is 9.48 Å². The number of nitrogens with zero attached hydrogens (tertiary/aromatic N) is 2. The predicted molar refractivity (Wildman–Crippen MR) is 84.9 cm³/mol. The first-order chi connectivity index (χ1) is 10.5. The molecule has 1 aliphatic carbocycles. The molecule has 3 rings (SSSR count). The van der Waals surface area contributed by atoms with Crippen molar-refractivity contribution in [3.8, 4) is 0 Å². The van der Waals surface area contributed by atoms with Gasteiger partial charge in [0.25, 0.3) is 5.91 Å². The Morgan fingerprint density at radius 2 is 2.27 bits per heavy atom. The lowest BCUT2D eigenvalue weighted by Gasteiger charge is -2.34. The second kappa shape index (κ2) is 6.03. The van der Waals surface area contributed by atoms with Crippen LogP contribution in [-0.2, 0) is 24.6 Å². The number of hydrogen-bond acceptors (Lipinski definition) is 3. The number of fused-ring (bicyclic) bond motifs is 1. The number of carbonyl (C=O) groups excluding carboxylic acids is 1. The van der Waals surface area contributed by atoms with Crippen molar-refractivity contribution in [1.82, 2.24) is 15.1 Å². The molecule has 1 unspecified atom stereocenters. The molecule has 1 aromatic rings. The first-order valence-corrected chi connectivity index (χ1v) is 8.41. The number of nitrogens with one attached hydrogen (secondary N) is 1. The maximum Gasteiger partial charge on any atom is 0.269 e. The molecule has 122 valence electrons. The standard InChI is InChI=1S/C17H27N3O2/c1-17(2)9-7-12(22-11-17)8-10-18-16(21)15-13-5-4-6-14(13)19-20(15)3/h12H,4-11H2,1-3H3,(H,18,21). The van der Waals surface area contributed by atoms with Crippen LogP contribution in [0.2, 0.25) is 0 Å². The topological polar surface area (TPSA) is 56.2 Å². The van der Waals surface area contributed by atoms with Gasteiger partial charge in [0.15, 0.2) is 0 Å². The van der Waals surface area contributed by atoms with E-state index in [1.165, 1.54) is 6.42 Å². The molecule has 0 spiro atoms. The van der Waals surface area contributed by atoms with Crippen LogP contribution in [0.15, 0.2) is 0 Å². The molecule has 22 heavy (non-hydrogen) atoms. The third-order valence-electron chi connectivity index (χ3n) is 4.89. The van der Waals surface area contributed by atoms with Crippen molar-refractivity contribution in [2.75, 3.05) is 13.2 Å². The largest absolute Gasteiger partial charge is 0.378 e. The fourth-order valence-corrected chi connectivity index (χ4v) is 3.51. The summed E-state index contributed by atoms with van der Waals surface area (Å²) < 4.78 is 7.63. The average molecular weight is 305 g/mol. The molecule has 0 radical (unpaired) electrons. The van der Waals surface area contributed by atoms with E-state index < -0.39 is 0 Å². The Morgan fingerprint density at radius 3 is 3.00 bits per heavy atom. The molecule has 2 aliphatic rings. The summed E-state index contributed by atoms with van der Waals surface area (Å²) in [7, 11) is 1.86. The summed E-state index contributed by atoms with van der Waals surface area (Å²) in [6.45, 7) is 5.98. The number of carbonyl (C=O) groups is 1. The second-order valence-corrected chi connectivity index (χ2v) is 7.43. The van der Waals surface area contributed by atoms with Crippen molar-refractivity contribution >= 4 is 5.91 Å². The normalized spacial score (nSPS) is 23.3. The van der Waals surface area contributed by atoms with Crippen molar-refractivity contribution < 1.29 is 9.53 Å². The Bertz CT molecular complexity index is 552. The van der Waals surface area contributed by atoms with E-state index >= 15 is 0 Å². The molecule has 1 amide bonds. The van der Waals surface area contributed by atoms with Gasteiger partial charge in [-0.05, 0) is 43.9 Å². The molecule has 0 saturated carbocycles. The van der Waals surface area contributed by atoms with Crippen molar-refractivity contribution in [2.24, 2.45) is 12.5 Å². The zero-order valence-corrected chi connectivity index (χ0v) is 13.9. The van der Waals surface area contributed by atoms with Crippen LogP contribution in [0.3, 0.4) is 0 Å². The summed E-state index contributed by atoms with van der Waals surface area (Å²) in [6.07, 6.45) is 6.55. The molecule has 1 aromatic heterocycles. The minimum Gasteiger partial charge on any atom is -0.378 e. The van der Waals surface area contributed by atoms with Crippen LogP contribution in [0.25, 0.3) is 0 Å². The molecule has 1 atom stereocenters. The van der Waals surface area contributed by atoms with Gasteiger partial charge in [0.2, 0.25) is 0 Å². The van der Waals surface area contributed by atoms with Gasteiger partial charge >= 0.3 is 0 Å². The van der Waals surface area contributed by atoms with E-state index in [9.17, 15) is 4.79 Å². The number of aromatic nitrogens is 2. The van der Waals surface area contributed by atoms with Gasteiger partial charge in [-0.15, -0.1) is 0 Å². The molecule has 0 bridgehead atoms. The fourth-order valence-electron chi connectivity index (χ4n) is 3.51. The maximum atomic E-state index is 12.4. The zero-order chi connectivity index (χ0) is 15.7.